The fraction of sp³-hybridized carbons (Fsp3) is 0.512. The summed E-state index contributed by atoms with van der Waals surface area (Å²) in [5.41, 5.74) is 3.08. The third kappa shape index (κ3) is 9.34. The number of carbonyl (C=O) groups is 3. The van der Waals surface area contributed by atoms with Crippen molar-refractivity contribution in [3.63, 3.8) is 0 Å². The average molecular weight is 771 g/mol. The molecule has 13 nitrogen and oxygen atoms in total. The number of aliphatic hydroxyl groups is 1. The maximum absolute atomic E-state index is 13.4. The molecule has 0 unspecified atom stereocenters. The summed E-state index contributed by atoms with van der Waals surface area (Å²) in [7, 11) is 2.10. The molecule has 3 amide bonds. The Balaban J connectivity index is 0.832. The summed E-state index contributed by atoms with van der Waals surface area (Å²) in [5, 5.41) is 19.3. The highest BCUT2D eigenvalue weighted by Crippen LogP contribution is 2.33. The lowest BCUT2D eigenvalue weighted by molar-refractivity contribution is -0.136. The average Bonchev–Trinajstić information content (AvgIpc) is 3.18. The summed E-state index contributed by atoms with van der Waals surface area (Å²) in [5.74, 6) is -0.247. The van der Waals surface area contributed by atoms with Gasteiger partial charge >= 0.3 is 0 Å². The van der Waals surface area contributed by atoms with E-state index >= 15 is 0 Å². The largest absolute Gasteiger partial charge is 0.388 e. The first-order valence-electron chi connectivity index (χ1n) is 19.6. The summed E-state index contributed by atoms with van der Waals surface area (Å²) in [6.45, 7) is 5.92. The number of unbranched alkanes of at least 4 members (excludes halogenated alkanes) is 1. The van der Waals surface area contributed by atoms with Crippen LogP contribution >= 0.6 is 11.6 Å². The van der Waals surface area contributed by atoms with Crippen molar-refractivity contribution in [3.8, 4) is 0 Å². The van der Waals surface area contributed by atoms with E-state index < -0.39 is 5.60 Å². The van der Waals surface area contributed by atoms with Crippen LogP contribution in [0.3, 0.4) is 0 Å². The maximum Gasteiger partial charge on any atom is 0.261 e. The summed E-state index contributed by atoms with van der Waals surface area (Å²) in [4.78, 5) is 67.5. The molecule has 0 radical (unpaired) electrons. The van der Waals surface area contributed by atoms with E-state index in [0.29, 0.717) is 86.9 Å². The first-order chi connectivity index (χ1) is 26.5. The van der Waals surface area contributed by atoms with Crippen molar-refractivity contribution in [2.24, 2.45) is 0 Å². The molecule has 2 fully saturated rings. The number of benzene rings is 2. The number of amides is 3. The van der Waals surface area contributed by atoms with E-state index in [1.54, 1.807) is 35.2 Å². The summed E-state index contributed by atoms with van der Waals surface area (Å²) in [6.07, 6.45) is 8.21. The molecule has 2 aromatic carbocycles. The smallest absolute Gasteiger partial charge is 0.261 e. The van der Waals surface area contributed by atoms with E-state index in [9.17, 15) is 24.3 Å². The van der Waals surface area contributed by atoms with E-state index in [0.717, 1.165) is 79.0 Å². The second kappa shape index (κ2) is 17.2. The number of rotatable bonds is 12. The van der Waals surface area contributed by atoms with Crippen LogP contribution < -0.4 is 16.2 Å². The Morgan fingerprint density at radius 2 is 1.67 bits per heavy atom. The topological polar surface area (TPSA) is 153 Å². The zero-order chi connectivity index (χ0) is 38.5. The molecule has 2 saturated heterocycles. The van der Waals surface area contributed by atoms with Gasteiger partial charge in [-0.05, 0) is 94.3 Å². The molecule has 2 aliphatic heterocycles. The Bertz CT molecular complexity index is 2120. The van der Waals surface area contributed by atoms with Crippen molar-refractivity contribution in [3.05, 3.63) is 74.9 Å². The quantitative estimate of drug-likeness (QED) is 0.182. The molecule has 3 aliphatic rings. The highest BCUT2D eigenvalue weighted by atomic mass is 35.5. The number of nitrogens with zero attached hydrogens (tertiary/aromatic N) is 6. The van der Waals surface area contributed by atoms with Crippen LogP contribution in [0.15, 0.2) is 47.5 Å². The number of piperidine rings is 1. The molecule has 55 heavy (non-hydrogen) atoms. The van der Waals surface area contributed by atoms with Gasteiger partial charge in [-0.2, -0.15) is 0 Å². The fourth-order valence-electron chi connectivity index (χ4n) is 7.92. The molecule has 0 saturated carbocycles. The minimum Gasteiger partial charge on any atom is -0.388 e. The molecule has 0 bridgehead atoms. The lowest BCUT2D eigenvalue weighted by atomic mass is 9.91. The molecule has 14 heteroatoms. The monoisotopic (exact) mass is 770 g/mol. The zero-order valence-corrected chi connectivity index (χ0v) is 32.4. The molecule has 4 aromatic rings. The van der Waals surface area contributed by atoms with Gasteiger partial charge in [0.15, 0.2) is 0 Å². The van der Waals surface area contributed by atoms with E-state index in [4.69, 9.17) is 16.6 Å². The van der Waals surface area contributed by atoms with Crippen LogP contribution in [0.2, 0.25) is 5.02 Å². The second-order valence-electron chi connectivity index (χ2n) is 15.5. The van der Waals surface area contributed by atoms with E-state index in [1.165, 1.54) is 10.9 Å². The number of hydrogen-bond donors (Lipinski definition) is 3. The van der Waals surface area contributed by atoms with Crippen LogP contribution in [0.4, 0.5) is 5.69 Å². The molecule has 292 valence electrons. The SMILES string of the molecule is CN1CCN(CCC(=O)Nc2ccc3c(=O)n(CC4(O)CCN(C(=O)CCCCNC(=O)c5ccc6c(Cl)c7c(nc6c5)CCCC7)CC4)cnc3c2)CC1. The first kappa shape index (κ1) is 38.8. The first-order valence-corrected chi connectivity index (χ1v) is 20.0. The van der Waals surface area contributed by atoms with Crippen LogP contribution in [0.5, 0.6) is 0 Å². The minimum atomic E-state index is -1.15. The number of aryl methyl sites for hydroxylation is 1. The van der Waals surface area contributed by atoms with E-state index in [-0.39, 0.29) is 29.8 Å². The van der Waals surface area contributed by atoms with Crippen LogP contribution in [0, 0.1) is 0 Å². The fourth-order valence-corrected chi connectivity index (χ4v) is 8.29. The third-order valence-corrected chi connectivity index (χ3v) is 11.9. The van der Waals surface area contributed by atoms with Crippen molar-refractivity contribution in [1.29, 1.82) is 0 Å². The summed E-state index contributed by atoms with van der Waals surface area (Å²) >= 11 is 6.69. The van der Waals surface area contributed by atoms with Gasteiger partial charge in [-0.15, -0.1) is 0 Å². The molecule has 0 atom stereocenters. The number of hydrogen-bond acceptors (Lipinski definition) is 9. The van der Waals surface area contributed by atoms with Crippen LogP contribution in [-0.2, 0) is 29.0 Å². The molecule has 7 rings (SSSR count). The van der Waals surface area contributed by atoms with Gasteiger partial charge in [0.05, 0.1) is 39.9 Å². The van der Waals surface area contributed by atoms with E-state index in [2.05, 4.69) is 32.5 Å². The number of aromatic nitrogens is 3. The Hall–Kier alpha value is -4.43. The zero-order valence-electron chi connectivity index (χ0n) is 31.6. The van der Waals surface area contributed by atoms with Gasteiger partial charge in [-0.1, -0.05) is 17.7 Å². The van der Waals surface area contributed by atoms with Gasteiger partial charge in [0, 0.05) is 87.5 Å². The Labute approximate surface area is 326 Å². The number of pyridine rings is 1. The lowest BCUT2D eigenvalue weighted by Gasteiger charge is -2.38. The highest BCUT2D eigenvalue weighted by Gasteiger charge is 2.34. The Kier molecular flexibility index (Phi) is 12.1. The minimum absolute atomic E-state index is 0.0148. The van der Waals surface area contributed by atoms with Crippen LogP contribution in [-0.4, -0.2) is 117 Å². The number of fused-ring (bicyclic) bond motifs is 3. The van der Waals surface area contributed by atoms with Crippen molar-refractivity contribution in [1.82, 2.24) is 34.6 Å². The Morgan fingerprint density at radius 3 is 2.47 bits per heavy atom. The summed E-state index contributed by atoms with van der Waals surface area (Å²) < 4.78 is 1.43. The second-order valence-corrected chi connectivity index (χ2v) is 15.8. The molecule has 3 N–H and O–H groups in total. The van der Waals surface area contributed by atoms with Crippen molar-refractivity contribution in [2.75, 3.05) is 64.7 Å². The molecule has 4 heterocycles. The molecular weight excluding hydrogens is 720 g/mol. The number of likely N-dealkylation sites (tertiary alicyclic amines) is 1. The molecular formula is C41H51ClN8O5. The number of nitrogens with one attached hydrogen (secondary N) is 2. The lowest BCUT2D eigenvalue weighted by Crippen LogP contribution is -2.49. The molecule has 2 aromatic heterocycles. The molecule has 0 spiro atoms. The Morgan fingerprint density at radius 1 is 0.909 bits per heavy atom. The van der Waals surface area contributed by atoms with Gasteiger partial charge in [0.2, 0.25) is 11.8 Å². The normalized spacial score (nSPS) is 17.6. The third-order valence-electron chi connectivity index (χ3n) is 11.4. The van der Waals surface area contributed by atoms with Crippen LogP contribution in [0.1, 0.15) is 73.0 Å². The number of anilines is 1. The highest BCUT2D eigenvalue weighted by molar-refractivity contribution is 6.36. The standard InChI is InChI=1S/C41H51ClN8O5/c1-47-20-22-48(23-21-47)17-13-36(51)45-29-10-12-32-34(25-29)44-27-50(40(32)54)26-41(55)14-18-49(19-15-41)37(52)8-4-5-16-43-39(53)28-9-11-31-35(24-28)46-33-7-3-2-6-30(33)38(31)42/h9-12,24-25,27,55H,2-8,13-23,26H2,1H3,(H,43,53)(H,45,51). The number of carbonyl (C=O) groups excluding carboxylic acids is 3. The van der Waals surface area contributed by atoms with Gasteiger partial charge in [-0.3, -0.25) is 28.7 Å². The van der Waals surface area contributed by atoms with E-state index in [1.807, 2.05) is 6.07 Å². The van der Waals surface area contributed by atoms with Gasteiger partial charge < -0.3 is 30.4 Å². The maximum atomic E-state index is 13.4. The predicted molar refractivity (Wildman–Crippen MR) is 214 cm³/mol. The number of piperazine rings is 1. The van der Waals surface area contributed by atoms with Crippen molar-refractivity contribution in [2.45, 2.75) is 76.4 Å². The van der Waals surface area contributed by atoms with Crippen LogP contribution in [0.25, 0.3) is 21.8 Å². The predicted octanol–water partition coefficient (Wildman–Crippen LogP) is 4.01. The molecule has 1 aliphatic carbocycles. The number of halogens is 1. The number of likely N-dealkylation sites (N-methyl/N-ethyl adjacent to an activating group) is 1. The van der Waals surface area contributed by atoms with Crippen molar-refractivity contribution < 1.29 is 19.5 Å². The summed E-state index contributed by atoms with van der Waals surface area (Å²) in [6, 6.07) is 10.5. The van der Waals surface area contributed by atoms with Gasteiger partial charge in [0.1, 0.15) is 0 Å². The van der Waals surface area contributed by atoms with Gasteiger partial charge in [-0.25, -0.2) is 4.98 Å². The van der Waals surface area contributed by atoms with Gasteiger partial charge in [0.25, 0.3) is 11.5 Å². The van der Waals surface area contributed by atoms with Crippen molar-refractivity contribution >= 4 is 56.8 Å².